The second-order valence-electron chi connectivity index (χ2n) is 5.44. The van der Waals surface area contributed by atoms with Crippen LogP contribution in [0, 0.1) is 0 Å². The van der Waals surface area contributed by atoms with E-state index in [1.54, 1.807) is 12.1 Å². The van der Waals surface area contributed by atoms with Crippen molar-refractivity contribution in [2.45, 2.75) is 0 Å². The molecule has 0 fully saturated rings. The van der Waals surface area contributed by atoms with E-state index in [4.69, 9.17) is 4.18 Å². The molecule has 2 aromatic carbocycles. The smallest absolute Gasteiger partial charge is 0.330 e. The van der Waals surface area contributed by atoms with Gasteiger partial charge in [-0.05, 0) is 35.4 Å². The molecule has 1 aliphatic heterocycles. The number of anilines is 1. The SMILES string of the molecule is CS(=O)(=O)Oc1cccc(-c2ccc(O)c(N3C=C(O)NS3(=O)=O)c2)c1. The fourth-order valence-electron chi connectivity index (χ4n) is 2.37. The number of hydrogen-bond donors (Lipinski definition) is 3. The minimum absolute atomic E-state index is 0.0894. The third kappa shape index (κ3) is 3.68. The van der Waals surface area contributed by atoms with Gasteiger partial charge >= 0.3 is 20.3 Å². The Hall–Kier alpha value is -2.92. The lowest BCUT2D eigenvalue weighted by atomic mass is 10.0. The normalized spacial score (nSPS) is 16.0. The lowest BCUT2D eigenvalue weighted by molar-refractivity contribution is 0.392. The first-order chi connectivity index (χ1) is 12.0. The molecule has 0 amide bonds. The number of phenolic OH excluding ortho intramolecular Hbond substituents is 1. The molecule has 26 heavy (non-hydrogen) atoms. The van der Waals surface area contributed by atoms with Gasteiger partial charge in [0.2, 0.25) is 5.88 Å². The van der Waals surface area contributed by atoms with E-state index >= 15 is 0 Å². The van der Waals surface area contributed by atoms with Crippen LogP contribution in [0.4, 0.5) is 5.69 Å². The summed E-state index contributed by atoms with van der Waals surface area (Å²) in [5, 5.41) is 19.4. The Morgan fingerprint density at radius 2 is 1.77 bits per heavy atom. The van der Waals surface area contributed by atoms with Crippen LogP contribution in [-0.4, -0.2) is 33.3 Å². The van der Waals surface area contributed by atoms with Gasteiger partial charge in [-0.3, -0.25) is 0 Å². The Balaban J connectivity index is 2.05. The highest BCUT2D eigenvalue weighted by atomic mass is 32.2. The van der Waals surface area contributed by atoms with Gasteiger partial charge in [-0.2, -0.15) is 16.8 Å². The Morgan fingerprint density at radius 1 is 1.08 bits per heavy atom. The third-order valence-corrected chi connectivity index (χ3v) is 5.14. The van der Waals surface area contributed by atoms with Crippen molar-refractivity contribution in [3.63, 3.8) is 0 Å². The van der Waals surface area contributed by atoms with Crippen LogP contribution in [0.25, 0.3) is 11.1 Å². The second kappa shape index (κ2) is 6.11. The van der Waals surface area contributed by atoms with Crippen LogP contribution in [0.3, 0.4) is 0 Å². The zero-order chi connectivity index (χ0) is 19.1. The van der Waals surface area contributed by atoms with Gasteiger partial charge in [-0.25, -0.2) is 9.03 Å². The Labute approximate surface area is 150 Å². The van der Waals surface area contributed by atoms with E-state index in [9.17, 15) is 27.0 Å². The predicted molar refractivity (Wildman–Crippen MR) is 94.3 cm³/mol. The molecule has 3 rings (SSSR count). The van der Waals surface area contributed by atoms with Gasteiger partial charge in [0.15, 0.2) is 0 Å². The second-order valence-corrected chi connectivity index (χ2v) is 8.56. The number of phenols is 1. The van der Waals surface area contributed by atoms with E-state index in [1.807, 2.05) is 4.72 Å². The molecule has 1 heterocycles. The van der Waals surface area contributed by atoms with Crippen molar-refractivity contribution in [1.82, 2.24) is 4.72 Å². The average molecular weight is 398 g/mol. The highest BCUT2D eigenvalue weighted by molar-refractivity contribution is 7.91. The van der Waals surface area contributed by atoms with Gasteiger partial charge in [-0.1, -0.05) is 18.2 Å². The molecule has 0 spiro atoms. The van der Waals surface area contributed by atoms with Crippen LogP contribution >= 0.6 is 0 Å². The van der Waals surface area contributed by atoms with Gasteiger partial charge in [-0.15, -0.1) is 0 Å². The standard InChI is InChI=1S/C15H14N2O7S2/c1-25(20,21)24-12-4-2-3-10(7-12)11-5-6-14(18)13(8-11)17-9-15(19)16-26(17,22)23/h2-9,16,18-19H,1H3. The van der Waals surface area contributed by atoms with Gasteiger partial charge in [0.05, 0.1) is 12.5 Å². The molecule has 3 N–H and O–H groups in total. The molecule has 0 radical (unpaired) electrons. The van der Waals surface area contributed by atoms with Crippen LogP contribution in [0.1, 0.15) is 0 Å². The van der Waals surface area contributed by atoms with Crippen LogP contribution in [0.15, 0.2) is 54.5 Å². The molecule has 138 valence electrons. The lowest BCUT2D eigenvalue weighted by Gasteiger charge is -2.16. The summed E-state index contributed by atoms with van der Waals surface area (Å²) in [6, 6.07) is 10.3. The maximum Gasteiger partial charge on any atom is 0.330 e. The molecular weight excluding hydrogens is 384 g/mol. The summed E-state index contributed by atoms with van der Waals surface area (Å²) in [5.41, 5.74) is 0.936. The molecular formula is C15H14N2O7S2. The molecule has 2 aromatic rings. The van der Waals surface area contributed by atoms with Crippen molar-refractivity contribution in [2.24, 2.45) is 0 Å². The van der Waals surface area contributed by atoms with Crippen molar-refractivity contribution >= 4 is 26.0 Å². The summed E-state index contributed by atoms with van der Waals surface area (Å²) in [5.74, 6) is -0.820. The van der Waals surface area contributed by atoms with Gasteiger partial charge in [0.1, 0.15) is 17.2 Å². The summed E-state index contributed by atoms with van der Waals surface area (Å²) >= 11 is 0. The maximum atomic E-state index is 12.0. The largest absolute Gasteiger partial charge is 0.506 e. The molecule has 0 aromatic heterocycles. The quantitative estimate of drug-likeness (QED) is 0.663. The fourth-order valence-corrected chi connectivity index (χ4v) is 3.88. The van der Waals surface area contributed by atoms with Crippen molar-refractivity contribution in [3.8, 4) is 22.6 Å². The van der Waals surface area contributed by atoms with Crippen molar-refractivity contribution < 1.29 is 31.2 Å². The molecule has 11 heteroatoms. The first-order valence-corrected chi connectivity index (χ1v) is 10.4. The molecule has 0 atom stereocenters. The maximum absolute atomic E-state index is 12.0. The van der Waals surface area contributed by atoms with E-state index in [0.29, 0.717) is 15.4 Å². The number of rotatable bonds is 4. The number of aromatic hydroxyl groups is 1. The molecule has 0 bridgehead atoms. The zero-order valence-electron chi connectivity index (χ0n) is 13.3. The number of aliphatic hydroxyl groups is 1. The summed E-state index contributed by atoms with van der Waals surface area (Å²) in [7, 11) is -7.76. The predicted octanol–water partition coefficient (Wildman–Crippen LogP) is 1.41. The highest BCUT2D eigenvalue weighted by Crippen LogP contribution is 2.36. The van der Waals surface area contributed by atoms with Gasteiger partial charge in [0.25, 0.3) is 0 Å². The summed E-state index contributed by atoms with van der Waals surface area (Å²) < 4.78 is 53.9. The monoisotopic (exact) mass is 398 g/mol. The Kier molecular flexibility index (Phi) is 4.20. The van der Waals surface area contributed by atoms with E-state index < -0.39 is 26.2 Å². The van der Waals surface area contributed by atoms with Crippen LogP contribution in [-0.2, 0) is 20.3 Å². The minimum atomic E-state index is -4.07. The van der Waals surface area contributed by atoms with Crippen molar-refractivity contribution in [3.05, 3.63) is 54.5 Å². The topological polar surface area (TPSA) is 133 Å². The van der Waals surface area contributed by atoms with Crippen molar-refractivity contribution in [1.29, 1.82) is 0 Å². The molecule has 0 saturated carbocycles. The van der Waals surface area contributed by atoms with Crippen molar-refractivity contribution in [2.75, 3.05) is 10.6 Å². The molecule has 0 saturated heterocycles. The summed E-state index contributed by atoms with van der Waals surface area (Å²) in [4.78, 5) is 0. The van der Waals surface area contributed by atoms with Crippen LogP contribution < -0.4 is 13.2 Å². The first kappa shape index (κ1) is 17.9. The fraction of sp³-hybridized carbons (Fsp3) is 0.0667. The molecule has 0 aliphatic carbocycles. The number of nitrogens with zero attached hydrogens (tertiary/aromatic N) is 1. The first-order valence-electron chi connectivity index (χ1n) is 7.11. The lowest BCUT2D eigenvalue weighted by Crippen LogP contribution is -2.29. The Bertz CT molecular complexity index is 1110. The minimum Gasteiger partial charge on any atom is -0.506 e. The summed E-state index contributed by atoms with van der Waals surface area (Å²) in [6.45, 7) is 0. The third-order valence-electron chi connectivity index (χ3n) is 3.36. The number of nitrogens with one attached hydrogen (secondary N) is 1. The van der Waals surface area contributed by atoms with E-state index in [2.05, 4.69) is 0 Å². The molecule has 0 unspecified atom stereocenters. The average Bonchev–Trinajstić information content (AvgIpc) is 2.79. The zero-order valence-corrected chi connectivity index (χ0v) is 15.0. The van der Waals surface area contributed by atoms with Crippen LogP contribution in [0.5, 0.6) is 11.5 Å². The molecule has 1 aliphatic rings. The number of hydrogen-bond acceptors (Lipinski definition) is 7. The van der Waals surface area contributed by atoms with Gasteiger partial charge < -0.3 is 14.4 Å². The Morgan fingerprint density at radius 3 is 2.38 bits per heavy atom. The van der Waals surface area contributed by atoms with Crippen LogP contribution in [0.2, 0.25) is 0 Å². The number of benzene rings is 2. The summed E-state index contributed by atoms with van der Waals surface area (Å²) in [6.07, 6.45) is 1.83. The number of aliphatic hydroxyl groups excluding tert-OH is 1. The van der Waals surface area contributed by atoms with Gasteiger partial charge in [0, 0.05) is 0 Å². The molecule has 9 nitrogen and oxygen atoms in total. The highest BCUT2D eigenvalue weighted by Gasteiger charge is 2.30. The van der Waals surface area contributed by atoms with E-state index in [0.717, 1.165) is 12.5 Å². The van der Waals surface area contributed by atoms with E-state index in [-0.39, 0.29) is 17.2 Å². The van der Waals surface area contributed by atoms with E-state index in [1.165, 1.54) is 30.3 Å².